The van der Waals surface area contributed by atoms with Crippen molar-refractivity contribution in [3.63, 3.8) is 0 Å². The lowest BCUT2D eigenvalue weighted by molar-refractivity contribution is -0.120. The van der Waals surface area contributed by atoms with Gasteiger partial charge in [-0.2, -0.15) is 5.10 Å². The van der Waals surface area contributed by atoms with Gasteiger partial charge in [0, 0.05) is 12.1 Å². The largest absolute Gasteiger partial charge is 0.273 e. The van der Waals surface area contributed by atoms with Crippen molar-refractivity contribution < 1.29 is 4.79 Å². The smallest absolute Gasteiger partial charge is 0.239 e. The zero-order chi connectivity index (χ0) is 6.69. The SMILES string of the molecule is CCC(=O)NN=C1CC1. The summed E-state index contributed by atoms with van der Waals surface area (Å²) in [7, 11) is 0. The lowest BCUT2D eigenvalue weighted by Crippen LogP contribution is -2.15. The van der Waals surface area contributed by atoms with Crippen molar-refractivity contribution in [2.45, 2.75) is 26.2 Å². The summed E-state index contributed by atoms with van der Waals surface area (Å²) in [4.78, 5) is 10.5. The van der Waals surface area contributed by atoms with Gasteiger partial charge in [0.1, 0.15) is 0 Å². The van der Waals surface area contributed by atoms with E-state index < -0.39 is 0 Å². The van der Waals surface area contributed by atoms with Crippen molar-refractivity contribution in [2.24, 2.45) is 5.10 Å². The maximum absolute atomic E-state index is 10.5. The molecule has 0 atom stereocenters. The zero-order valence-electron chi connectivity index (χ0n) is 5.48. The Morgan fingerprint density at radius 3 is 2.89 bits per heavy atom. The first-order valence-corrected chi connectivity index (χ1v) is 3.17. The fraction of sp³-hybridized carbons (Fsp3) is 0.667. The second-order valence-corrected chi connectivity index (χ2v) is 2.07. The molecule has 0 saturated heterocycles. The van der Waals surface area contributed by atoms with Crippen LogP contribution in [0.25, 0.3) is 0 Å². The van der Waals surface area contributed by atoms with Crippen LogP contribution < -0.4 is 5.43 Å². The van der Waals surface area contributed by atoms with E-state index in [1.807, 2.05) is 6.92 Å². The van der Waals surface area contributed by atoms with E-state index in [1.54, 1.807) is 0 Å². The van der Waals surface area contributed by atoms with Gasteiger partial charge in [-0.25, -0.2) is 5.43 Å². The molecule has 0 spiro atoms. The Labute approximate surface area is 54.1 Å². The molecule has 3 nitrogen and oxygen atoms in total. The molecule has 1 fully saturated rings. The molecule has 0 aromatic carbocycles. The Morgan fingerprint density at radius 2 is 2.44 bits per heavy atom. The van der Waals surface area contributed by atoms with Gasteiger partial charge in [-0.1, -0.05) is 6.92 Å². The normalized spacial score (nSPS) is 15.0. The zero-order valence-corrected chi connectivity index (χ0v) is 5.48. The Hall–Kier alpha value is -0.860. The first kappa shape index (κ1) is 6.26. The molecular formula is C6H10N2O. The predicted molar refractivity (Wildman–Crippen MR) is 35.1 cm³/mol. The minimum Gasteiger partial charge on any atom is -0.273 e. The van der Waals surface area contributed by atoms with E-state index in [0.717, 1.165) is 18.6 Å². The molecule has 0 aromatic heterocycles. The maximum Gasteiger partial charge on any atom is 0.239 e. The monoisotopic (exact) mass is 126 g/mol. The predicted octanol–water partition coefficient (Wildman–Crippen LogP) is 0.662. The van der Waals surface area contributed by atoms with Crippen molar-refractivity contribution in [2.75, 3.05) is 0 Å². The summed E-state index contributed by atoms with van der Waals surface area (Å²) >= 11 is 0. The summed E-state index contributed by atoms with van der Waals surface area (Å²) in [6.07, 6.45) is 2.63. The third-order valence-electron chi connectivity index (χ3n) is 1.13. The van der Waals surface area contributed by atoms with Gasteiger partial charge in [0.05, 0.1) is 0 Å². The highest BCUT2D eigenvalue weighted by Crippen LogP contribution is 2.12. The van der Waals surface area contributed by atoms with Crippen LogP contribution in [0.5, 0.6) is 0 Å². The van der Waals surface area contributed by atoms with Gasteiger partial charge in [-0.3, -0.25) is 4.79 Å². The topological polar surface area (TPSA) is 41.5 Å². The van der Waals surface area contributed by atoms with Crippen LogP contribution in [-0.2, 0) is 4.79 Å². The van der Waals surface area contributed by atoms with Gasteiger partial charge in [0.25, 0.3) is 0 Å². The molecule has 1 amide bonds. The first-order chi connectivity index (χ1) is 4.33. The number of carbonyl (C=O) groups is 1. The van der Waals surface area contributed by atoms with E-state index in [2.05, 4.69) is 10.5 Å². The van der Waals surface area contributed by atoms with E-state index in [0.29, 0.717) is 6.42 Å². The molecule has 1 N–H and O–H groups in total. The van der Waals surface area contributed by atoms with Crippen LogP contribution in [0, 0.1) is 0 Å². The van der Waals surface area contributed by atoms with E-state index in [-0.39, 0.29) is 5.91 Å². The molecule has 3 heteroatoms. The quantitative estimate of drug-likeness (QED) is 0.542. The Bertz CT molecular complexity index is 145. The summed E-state index contributed by atoms with van der Waals surface area (Å²) in [5, 5.41) is 3.82. The summed E-state index contributed by atoms with van der Waals surface area (Å²) < 4.78 is 0. The second-order valence-electron chi connectivity index (χ2n) is 2.07. The van der Waals surface area contributed by atoms with Crippen LogP contribution in [0.1, 0.15) is 26.2 Å². The first-order valence-electron chi connectivity index (χ1n) is 3.17. The molecule has 9 heavy (non-hydrogen) atoms. The molecule has 50 valence electrons. The van der Waals surface area contributed by atoms with Crippen LogP contribution in [0.2, 0.25) is 0 Å². The molecule has 0 heterocycles. The standard InChI is InChI=1S/C6H10N2O/c1-2-6(9)8-7-5-3-4-5/h2-4H2,1H3,(H,8,9). The number of nitrogens with zero attached hydrogens (tertiary/aromatic N) is 1. The molecule has 1 aliphatic rings. The van der Waals surface area contributed by atoms with Crippen molar-refractivity contribution in [1.29, 1.82) is 0 Å². The highest BCUT2D eigenvalue weighted by Gasteiger charge is 2.12. The molecular weight excluding hydrogens is 116 g/mol. The van der Waals surface area contributed by atoms with Crippen molar-refractivity contribution in [3.05, 3.63) is 0 Å². The highest BCUT2D eigenvalue weighted by atomic mass is 16.2. The number of hydrogen-bond donors (Lipinski definition) is 1. The van der Waals surface area contributed by atoms with Crippen LogP contribution in [0.3, 0.4) is 0 Å². The Morgan fingerprint density at radius 1 is 1.78 bits per heavy atom. The van der Waals surface area contributed by atoms with Gasteiger partial charge in [0.2, 0.25) is 5.91 Å². The van der Waals surface area contributed by atoms with Gasteiger partial charge >= 0.3 is 0 Å². The van der Waals surface area contributed by atoms with Crippen LogP contribution in [-0.4, -0.2) is 11.6 Å². The summed E-state index contributed by atoms with van der Waals surface area (Å²) in [6.45, 7) is 1.81. The molecule has 1 saturated carbocycles. The summed E-state index contributed by atoms with van der Waals surface area (Å²) in [6, 6.07) is 0. The van der Waals surface area contributed by atoms with Crippen molar-refractivity contribution in [3.8, 4) is 0 Å². The number of rotatable bonds is 2. The van der Waals surface area contributed by atoms with E-state index in [9.17, 15) is 4.79 Å². The van der Waals surface area contributed by atoms with E-state index >= 15 is 0 Å². The number of amides is 1. The maximum atomic E-state index is 10.5. The molecule has 0 radical (unpaired) electrons. The summed E-state index contributed by atoms with van der Waals surface area (Å²) in [5.41, 5.74) is 3.55. The number of hydrogen-bond acceptors (Lipinski definition) is 2. The molecule has 0 unspecified atom stereocenters. The third kappa shape index (κ3) is 2.26. The van der Waals surface area contributed by atoms with Gasteiger partial charge < -0.3 is 0 Å². The second kappa shape index (κ2) is 2.62. The van der Waals surface area contributed by atoms with Crippen LogP contribution >= 0.6 is 0 Å². The van der Waals surface area contributed by atoms with Gasteiger partial charge in [0.15, 0.2) is 0 Å². The molecule has 0 aliphatic heterocycles. The number of nitrogens with one attached hydrogen (secondary N) is 1. The minimum atomic E-state index is -0.00519. The van der Waals surface area contributed by atoms with Crippen molar-refractivity contribution >= 4 is 11.6 Å². The lowest BCUT2D eigenvalue weighted by atomic mass is 10.5. The summed E-state index contributed by atoms with van der Waals surface area (Å²) in [5.74, 6) is -0.00519. The molecule has 0 aromatic rings. The average Bonchev–Trinajstić information content (AvgIpc) is 2.65. The van der Waals surface area contributed by atoms with Crippen LogP contribution in [0.15, 0.2) is 5.10 Å². The number of hydrazone groups is 1. The van der Waals surface area contributed by atoms with Gasteiger partial charge in [-0.15, -0.1) is 0 Å². The Balaban J connectivity index is 2.17. The van der Waals surface area contributed by atoms with Gasteiger partial charge in [-0.05, 0) is 12.8 Å². The van der Waals surface area contributed by atoms with E-state index in [4.69, 9.17) is 0 Å². The average molecular weight is 126 g/mol. The third-order valence-corrected chi connectivity index (χ3v) is 1.13. The van der Waals surface area contributed by atoms with E-state index in [1.165, 1.54) is 0 Å². The van der Waals surface area contributed by atoms with Crippen molar-refractivity contribution in [1.82, 2.24) is 5.43 Å². The number of carbonyl (C=O) groups excluding carboxylic acids is 1. The lowest BCUT2D eigenvalue weighted by Gasteiger charge is -1.90. The Kier molecular flexibility index (Phi) is 1.82. The minimum absolute atomic E-state index is 0.00519. The fourth-order valence-corrected chi connectivity index (χ4v) is 0.388. The molecule has 0 bridgehead atoms. The molecule has 1 rings (SSSR count). The highest BCUT2D eigenvalue weighted by molar-refractivity contribution is 5.98. The molecule has 1 aliphatic carbocycles. The van der Waals surface area contributed by atoms with Crippen LogP contribution in [0.4, 0.5) is 0 Å². The fourth-order valence-electron chi connectivity index (χ4n) is 0.388.